The van der Waals surface area contributed by atoms with E-state index in [-0.39, 0.29) is 11.7 Å². The van der Waals surface area contributed by atoms with Crippen molar-refractivity contribution in [1.29, 1.82) is 0 Å². The Hall–Kier alpha value is -2.14. The minimum atomic E-state index is -0.570. The molecule has 2 N–H and O–H groups in total. The van der Waals surface area contributed by atoms with Crippen molar-refractivity contribution < 1.29 is 14.7 Å². The summed E-state index contributed by atoms with van der Waals surface area (Å²) >= 11 is 1.33. The molecule has 0 aliphatic carbocycles. The molecular weight excluding hydrogens is 262 g/mol. The molecule has 1 heterocycles. The summed E-state index contributed by atoms with van der Waals surface area (Å²) in [4.78, 5) is 23.4. The zero-order valence-electron chi connectivity index (χ0n) is 10.1. The van der Waals surface area contributed by atoms with Gasteiger partial charge < -0.3 is 15.2 Å². The van der Waals surface area contributed by atoms with E-state index in [1.165, 1.54) is 11.3 Å². The van der Waals surface area contributed by atoms with Gasteiger partial charge in [-0.1, -0.05) is 18.2 Å². The van der Waals surface area contributed by atoms with Crippen molar-refractivity contribution in [1.82, 2.24) is 5.32 Å². The van der Waals surface area contributed by atoms with Crippen LogP contribution in [0.5, 0.6) is 5.75 Å². The van der Waals surface area contributed by atoms with E-state index in [4.69, 9.17) is 0 Å². The van der Waals surface area contributed by atoms with Crippen molar-refractivity contribution in [2.75, 3.05) is 0 Å². The van der Waals surface area contributed by atoms with Crippen molar-refractivity contribution >= 4 is 23.5 Å². The SMILES string of the molecule is O=CC(Cc1ccc(O)cc1)NC(=O)c1cccs1. The molecular formula is C14H13NO3S. The number of carbonyl (C=O) groups is 2. The number of aldehydes is 1. The number of hydrogen-bond acceptors (Lipinski definition) is 4. The lowest BCUT2D eigenvalue weighted by Gasteiger charge is -2.12. The molecule has 0 saturated heterocycles. The fraction of sp³-hybridized carbons (Fsp3) is 0.143. The van der Waals surface area contributed by atoms with Crippen molar-refractivity contribution in [2.45, 2.75) is 12.5 Å². The van der Waals surface area contributed by atoms with E-state index in [2.05, 4.69) is 5.32 Å². The molecule has 1 aromatic carbocycles. The van der Waals surface area contributed by atoms with Crippen LogP contribution in [0.15, 0.2) is 41.8 Å². The average molecular weight is 275 g/mol. The monoisotopic (exact) mass is 275 g/mol. The number of amides is 1. The second-order valence-electron chi connectivity index (χ2n) is 4.06. The van der Waals surface area contributed by atoms with Crippen LogP contribution in [0.3, 0.4) is 0 Å². The summed E-state index contributed by atoms with van der Waals surface area (Å²) in [7, 11) is 0. The van der Waals surface area contributed by atoms with Gasteiger partial charge in [0, 0.05) is 0 Å². The molecule has 0 aliphatic rings. The van der Waals surface area contributed by atoms with E-state index in [9.17, 15) is 14.7 Å². The number of nitrogens with one attached hydrogen (secondary N) is 1. The summed E-state index contributed by atoms with van der Waals surface area (Å²) in [5.41, 5.74) is 0.876. The van der Waals surface area contributed by atoms with E-state index >= 15 is 0 Å². The van der Waals surface area contributed by atoms with Crippen molar-refractivity contribution in [3.63, 3.8) is 0 Å². The zero-order chi connectivity index (χ0) is 13.7. The lowest BCUT2D eigenvalue weighted by atomic mass is 10.1. The third kappa shape index (κ3) is 3.66. The maximum atomic E-state index is 11.8. The maximum absolute atomic E-state index is 11.8. The fourth-order valence-corrected chi connectivity index (χ4v) is 2.29. The maximum Gasteiger partial charge on any atom is 0.261 e. The molecule has 19 heavy (non-hydrogen) atoms. The van der Waals surface area contributed by atoms with E-state index in [1.54, 1.807) is 36.4 Å². The zero-order valence-corrected chi connectivity index (χ0v) is 10.9. The Morgan fingerprint density at radius 3 is 2.63 bits per heavy atom. The van der Waals surface area contributed by atoms with Crippen LogP contribution >= 0.6 is 11.3 Å². The number of aromatic hydroxyl groups is 1. The Morgan fingerprint density at radius 1 is 1.32 bits per heavy atom. The Morgan fingerprint density at radius 2 is 2.05 bits per heavy atom. The van der Waals surface area contributed by atoms with Gasteiger partial charge in [-0.3, -0.25) is 4.79 Å². The first kappa shape index (κ1) is 13.3. The summed E-state index contributed by atoms with van der Waals surface area (Å²) in [6, 6.07) is 9.49. The van der Waals surface area contributed by atoms with Crippen LogP contribution in [-0.2, 0) is 11.2 Å². The molecule has 2 aromatic rings. The molecule has 0 fully saturated rings. The lowest BCUT2D eigenvalue weighted by Crippen LogP contribution is -2.37. The highest BCUT2D eigenvalue weighted by atomic mass is 32.1. The largest absolute Gasteiger partial charge is 0.508 e. The average Bonchev–Trinajstić information content (AvgIpc) is 2.94. The van der Waals surface area contributed by atoms with Gasteiger partial charge in [-0.25, -0.2) is 0 Å². The van der Waals surface area contributed by atoms with Crippen molar-refractivity contribution in [3.8, 4) is 5.75 Å². The first-order chi connectivity index (χ1) is 9.19. The minimum Gasteiger partial charge on any atom is -0.508 e. The van der Waals surface area contributed by atoms with E-state index in [0.717, 1.165) is 11.8 Å². The summed E-state index contributed by atoms with van der Waals surface area (Å²) in [5.74, 6) is -0.0695. The van der Waals surface area contributed by atoms with Crippen molar-refractivity contribution in [3.05, 3.63) is 52.2 Å². The molecule has 1 aromatic heterocycles. The smallest absolute Gasteiger partial charge is 0.261 e. The molecule has 0 radical (unpaired) electrons. The van der Waals surface area contributed by atoms with Gasteiger partial charge in [0.25, 0.3) is 5.91 Å². The normalized spacial score (nSPS) is 11.8. The fourth-order valence-electron chi connectivity index (χ4n) is 1.67. The van der Waals surface area contributed by atoms with E-state index < -0.39 is 6.04 Å². The summed E-state index contributed by atoms with van der Waals surface area (Å²) in [6.07, 6.45) is 1.12. The van der Waals surface area contributed by atoms with Crippen LogP contribution in [0, 0.1) is 0 Å². The first-order valence-corrected chi connectivity index (χ1v) is 6.64. The first-order valence-electron chi connectivity index (χ1n) is 5.76. The highest BCUT2D eigenvalue weighted by molar-refractivity contribution is 7.12. The van der Waals surface area contributed by atoms with Crippen LogP contribution in [0.25, 0.3) is 0 Å². The van der Waals surface area contributed by atoms with Crippen LogP contribution in [0.2, 0.25) is 0 Å². The Bertz CT molecular complexity index is 549. The van der Waals surface area contributed by atoms with Gasteiger partial charge in [-0.15, -0.1) is 11.3 Å². The summed E-state index contributed by atoms with van der Waals surface area (Å²) in [6.45, 7) is 0. The third-order valence-corrected chi connectivity index (χ3v) is 3.49. The van der Waals surface area contributed by atoms with Crippen LogP contribution < -0.4 is 5.32 Å². The molecule has 1 atom stereocenters. The van der Waals surface area contributed by atoms with Gasteiger partial charge in [0.15, 0.2) is 0 Å². The predicted molar refractivity (Wildman–Crippen MR) is 73.4 cm³/mol. The van der Waals surface area contributed by atoms with Gasteiger partial charge in [-0.05, 0) is 35.6 Å². The molecule has 1 unspecified atom stereocenters. The Balaban J connectivity index is 1.99. The second-order valence-corrected chi connectivity index (χ2v) is 5.01. The summed E-state index contributed by atoms with van der Waals surface area (Å²) in [5, 5.41) is 13.7. The van der Waals surface area contributed by atoms with Crippen LogP contribution in [-0.4, -0.2) is 23.3 Å². The van der Waals surface area contributed by atoms with E-state index in [0.29, 0.717) is 11.3 Å². The van der Waals surface area contributed by atoms with Gasteiger partial charge in [0.2, 0.25) is 0 Å². The van der Waals surface area contributed by atoms with Gasteiger partial charge in [0.05, 0.1) is 10.9 Å². The number of benzene rings is 1. The molecule has 1 amide bonds. The van der Waals surface area contributed by atoms with Gasteiger partial charge >= 0.3 is 0 Å². The molecule has 98 valence electrons. The topological polar surface area (TPSA) is 66.4 Å². The summed E-state index contributed by atoms with van der Waals surface area (Å²) < 4.78 is 0. The standard InChI is InChI=1S/C14H13NO3S/c16-9-11(8-10-3-5-12(17)6-4-10)15-14(18)13-2-1-7-19-13/h1-7,9,11,17H,8H2,(H,15,18). The molecule has 0 bridgehead atoms. The molecule has 0 aliphatic heterocycles. The number of thiophene rings is 1. The molecule has 0 saturated carbocycles. The lowest BCUT2D eigenvalue weighted by molar-refractivity contribution is -0.109. The van der Waals surface area contributed by atoms with Crippen LogP contribution in [0.1, 0.15) is 15.2 Å². The minimum absolute atomic E-state index is 0.175. The number of phenols is 1. The quantitative estimate of drug-likeness (QED) is 0.820. The highest BCUT2D eigenvalue weighted by Crippen LogP contribution is 2.12. The third-order valence-electron chi connectivity index (χ3n) is 2.62. The van der Waals surface area contributed by atoms with Gasteiger partial charge in [0.1, 0.15) is 12.0 Å². The Labute approximate surface area is 114 Å². The highest BCUT2D eigenvalue weighted by Gasteiger charge is 2.14. The van der Waals surface area contributed by atoms with Gasteiger partial charge in [-0.2, -0.15) is 0 Å². The second kappa shape index (κ2) is 6.15. The number of hydrogen-bond donors (Lipinski definition) is 2. The van der Waals surface area contributed by atoms with Crippen LogP contribution in [0.4, 0.5) is 0 Å². The predicted octanol–water partition coefficient (Wildman–Crippen LogP) is 1.99. The molecule has 2 rings (SSSR count). The number of carbonyl (C=O) groups excluding carboxylic acids is 2. The van der Waals surface area contributed by atoms with Crippen molar-refractivity contribution in [2.24, 2.45) is 0 Å². The Kier molecular flexibility index (Phi) is 4.30. The number of rotatable bonds is 5. The molecule has 5 heteroatoms. The van der Waals surface area contributed by atoms with E-state index in [1.807, 2.05) is 5.38 Å². The molecule has 4 nitrogen and oxygen atoms in total. The number of phenolic OH excluding ortho intramolecular Hbond substituents is 1. The molecule has 0 spiro atoms.